The lowest BCUT2D eigenvalue weighted by Gasteiger charge is -2.37. The smallest absolute Gasteiger partial charge is 0.126 e. The molecule has 0 radical (unpaired) electrons. The highest BCUT2D eigenvalue weighted by molar-refractivity contribution is 5.69. The summed E-state index contributed by atoms with van der Waals surface area (Å²) >= 11 is 0. The van der Waals surface area contributed by atoms with Gasteiger partial charge in [-0.15, -0.1) is 0 Å². The minimum absolute atomic E-state index is 0.227. The van der Waals surface area contributed by atoms with Gasteiger partial charge >= 0.3 is 0 Å². The van der Waals surface area contributed by atoms with Crippen molar-refractivity contribution < 1.29 is 19.5 Å². The van der Waals surface area contributed by atoms with E-state index in [1.165, 1.54) is 0 Å². The first kappa shape index (κ1) is 16.1. The number of likely N-dealkylation sites (N-methyl/N-ethyl adjacent to an activating group) is 1. The summed E-state index contributed by atoms with van der Waals surface area (Å²) in [5.41, 5.74) is 0. The molecule has 4 heteroatoms. The van der Waals surface area contributed by atoms with Crippen LogP contribution in [0.25, 0.3) is 0 Å². The highest BCUT2D eigenvalue weighted by atomic mass is 16.4. The van der Waals surface area contributed by atoms with Crippen LogP contribution in [0.4, 0.5) is 0 Å². The van der Waals surface area contributed by atoms with Crippen LogP contribution in [0.15, 0.2) is 12.2 Å². The van der Waals surface area contributed by atoms with Gasteiger partial charge in [-0.1, -0.05) is 25.5 Å². The van der Waals surface area contributed by atoms with Crippen LogP contribution in [-0.4, -0.2) is 48.3 Å². The second kappa shape index (κ2) is 7.45. The Bertz CT molecular complexity index is 261. The summed E-state index contributed by atoms with van der Waals surface area (Å²) in [5, 5.41) is 20.6. The van der Waals surface area contributed by atoms with Crippen LogP contribution >= 0.6 is 0 Å². The molecule has 0 amide bonds. The number of hydrogen-bond acceptors (Lipinski definition) is 3. The Morgan fingerprint density at radius 1 is 1.41 bits per heavy atom. The summed E-state index contributed by atoms with van der Waals surface area (Å²) in [6, 6.07) is -0.621. The zero-order valence-corrected chi connectivity index (χ0v) is 11.3. The lowest BCUT2D eigenvalue weighted by molar-refractivity contribution is -0.909. The van der Waals surface area contributed by atoms with E-state index in [0.717, 1.165) is 12.8 Å². The largest absolute Gasteiger partial charge is 0.544 e. The van der Waals surface area contributed by atoms with Gasteiger partial charge in [0.05, 0.1) is 20.1 Å². The third-order valence-corrected chi connectivity index (χ3v) is 3.10. The molecule has 0 spiro atoms. The number of allylic oxidation sites excluding steroid dienone is 1. The number of nitrogens with zero attached hydrogens (tertiary/aromatic N) is 1. The molecule has 2 unspecified atom stereocenters. The van der Waals surface area contributed by atoms with E-state index in [2.05, 4.69) is 6.92 Å². The van der Waals surface area contributed by atoms with Crippen molar-refractivity contribution in [3.63, 3.8) is 0 Å². The van der Waals surface area contributed by atoms with Gasteiger partial charge < -0.3 is 19.5 Å². The first-order valence-corrected chi connectivity index (χ1v) is 6.17. The number of carbonyl (C=O) groups excluding carboxylic acids is 1. The zero-order valence-electron chi connectivity index (χ0n) is 11.3. The standard InChI is InChI=1S/C13H25NO3/c1-5-6-7-8-9-12(15)10-14(3,4)11(2)13(16)17/h7-8,11-12,15H,5-6,9-10H2,1-4H3/b8-7+. The van der Waals surface area contributed by atoms with Gasteiger partial charge in [-0.05, 0) is 19.8 Å². The van der Waals surface area contributed by atoms with Gasteiger partial charge in [-0.25, -0.2) is 0 Å². The van der Waals surface area contributed by atoms with E-state index in [4.69, 9.17) is 0 Å². The Hall–Kier alpha value is -0.870. The molecule has 0 aromatic carbocycles. The van der Waals surface area contributed by atoms with E-state index >= 15 is 0 Å². The summed E-state index contributed by atoms with van der Waals surface area (Å²) in [7, 11) is 3.58. The van der Waals surface area contributed by atoms with Gasteiger partial charge in [0.2, 0.25) is 0 Å². The summed E-state index contributed by atoms with van der Waals surface area (Å²) < 4.78 is 0.227. The molecule has 0 aromatic rings. The minimum atomic E-state index is -1.08. The number of aliphatic hydroxyl groups excluding tert-OH is 1. The average Bonchev–Trinajstić information content (AvgIpc) is 2.22. The Labute approximate surface area is 104 Å². The monoisotopic (exact) mass is 243 g/mol. The van der Waals surface area contributed by atoms with E-state index in [1.807, 2.05) is 12.2 Å². The number of hydrogen-bond donors (Lipinski definition) is 1. The minimum Gasteiger partial charge on any atom is -0.544 e. The van der Waals surface area contributed by atoms with E-state index < -0.39 is 18.1 Å². The SMILES string of the molecule is CCC/C=C/CC(O)C[N+](C)(C)C(C)C(=O)[O-]. The molecule has 0 saturated carbocycles. The number of carbonyl (C=O) groups is 1. The van der Waals surface area contributed by atoms with E-state index in [1.54, 1.807) is 21.0 Å². The Morgan fingerprint density at radius 3 is 2.47 bits per heavy atom. The van der Waals surface area contributed by atoms with E-state index in [0.29, 0.717) is 13.0 Å². The number of unbranched alkanes of at least 4 members (excludes halogenated alkanes) is 1. The molecule has 0 heterocycles. The molecule has 1 N–H and O–H groups in total. The van der Waals surface area contributed by atoms with Crippen molar-refractivity contribution in [2.24, 2.45) is 0 Å². The van der Waals surface area contributed by atoms with Crippen molar-refractivity contribution in [1.29, 1.82) is 0 Å². The maximum absolute atomic E-state index is 10.8. The molecule has 0 rings (SSSR count). The molecule has 0 fully saturated rings. The number of aliphatic hydroxyl groups is 1. The van der Waals surface area contributed by atoms with Crippen LogP contribution in [0.3, 0.4) is 0 Å². The van der Waals surface area contributed by atoms with Crippen LogP contribution < -0.4 is 5.11 Å². The fourth-order valence-electron chi connectivity index (χ4n) is 1.60. The summed E-state index contributed by atoms with van der Waals surface area (Å²) in [6.45, 7) is 4.11. The van der Waals surface area contributed by atoms with Crippen LogP contribution in [-0.2, 0) is 4.79 Å². The predicted octanol–water partition coefficient (Wildman–Crippen LogP) is 0.309. The molecule has 0 bridgehead atoms. The molecule has 0 aliphatic rings. The van der Waals surface area contributed by atoms with Crippen molar-refractivity contribution >= 4 is 5.97 Å². The first-order valence-electron chi connectivity index (χ1n) is 6.17. The number of rotatable bonds is 8. The topological polar surface area (TPSA) is 60.4 Å². The van der Waals surface area contributed by atoms with Crippen molar-refractivity contribution in [3.8, 4) is 0 Å². The highest BCUT2D eigenvalue weighted by Crippen LogP contribution is 2.09. The van der Waals surface area contributed by atoms with Crippen LogP contribution in [0.1, 0.15) is 33.1 Å². The van der Waals surface area contributed by atoms with Gasteiger partial charge in [-0.3, -0.25) is 0 Å². The van der Waals surface area contributed by atoms with Crippen molar-refractivity contribution in [2.45, 2.75) is 45.3 Å². The number of carboxylic acids is 1. The fraction of sp³-hybridized carbons (Fsp3) is 0.769. The van der Waals surface area contributed by atoms with Crippen molar-refractivity contribution in [2.75, 3.05) is 20.6 Å². The van der Waals surface area contributed by atoms with Gasteiger partial charge in [0.25, 0.3) is 0 Å². The maximum atomic E-state index is 10.8. The molecule has 4 nitrogen and oxygen atoms in total. The summed E-state index contributed by atoms with van der Waals surface area (Å²) in [4.78, 5) is 10.8. The summed E-state index contributed by atoms with van der Waals surface area (Å²) in [6.07, 6.45) is 6.17. The molecule has 0 aliphatic carbocycles. The lowest BCUT2D eigenvalue weighted by Crippen LogP contribution is -2.58. The highest BCUT2D eigenvalue weighted by Gasteiger charge is 2.27. The van der Waals surface area contributed by atoms with Crippen molar-refractivity contribution in [1.82, 2.24) is 0 Å². The number of quaternary nitrogens is 1. The maximum Gasteiger partial charge on any atom is 0.126 e. The first-order chi connectivity index (χ1) is 7.81. The number of carboxylic acid groups (broad SMARTS) is 1. The lowest BCUT2D eigenvalue weighted by atomic mass is 10.1. The molecule has 0 saturated heterocycles. The van der Waals surface area contributed by atoms with Crippen LogP contribution in [0, 0.1) is 0 Å². The second-order valence-corrected chi connectivity index (χ2v) is 5.11. The molecular formula is C13H25NO3. The third kappa shape index (κ3) is 6.44. The summed E-state index contributed by atoms with van der Waals surface area (Å²) in [5.74, 6) is -1.08. The molecular weight excluding hydrogens is 218 g/mol. The Kier molecular flexibility index (Phi) is 7.07. The third-order valence-electron chi connectivity index (χ3n) is 3.10. The fourth-order valence-corrected chi connectivity index (χ4v) is 1.60. The molecule has 100 valence electrons. The van der Waals surface area contributed by atoms with Gasteiger partial charge in [0, 0.05) is 0 Å². The van der Waals surface area contributed by atoms with Crippen LogP contribution in [0.5, 0.6) is 0 Å². The quantitative estimate of drug-likeness (QED) is 0.493. The Morgan fingerprint density at radius 2 is 2.00 bits per heavy atom. The molecule has 2 atom stereocenters. The van der Waals surface area contributed by atoms with Gasteiger partial charge in [0.1, 0.15) is 18.7 Å². The zero-order chi connectivity index (χ0) is 13.5. The Balaban J connectivity index is 4.17. The van der Waals surface area contributed by atoms with E-state index in [-0.39, 0.29) is 4.48 Å². The number of aliphatic carboxylic acids is 1. The second-order valence-electron chi connectivity index (χ2n) is 5.11. The molecule has 0 aliphatic heterocycles. The average molecular weight is 243 g/mol. The van der Waals surface area contributed by atoms with Crippen molar-refractivity contribution in [3.05, 3.63) is 12.2 Å². The normalized spacial score (nSPS) is 16.1. The molecule has 17 heavy (non-hydrogen) atoms. The van der Waals surface area contributed by atoms with E-state index in [9.17, 15) is 15.0 Å². The van der Waals surface area contributed by atoms with Gasteiger partial charge in [-0.2, -0.15) is 0 Å². The molecule has 0 aromatic heterocycles. The van der Waals surface area contributed by atoms with Crippen LogP contribution in [0.2, 0.25) is 0 Å². The predicted molar refractivity (Wildman–Crippen MR) is 66.1 cm³/mol. The van der Waals surface area contributed by atoms with Gasteiger partial charge in [0.15, 0.2) is 0 Å².